The topological polar surface area (TPSA) is 16.1 Å². The monoisotopic (exact) mass is 276 g/mol. The number of aryl methyl sites for hydroxylation is 1. The summed E-state index contributed by atoms with van der Waals surface area (Å²) < 4.78 is 0. The lowest BCUT2D eigenvalue weighted by molar-refractivity contribution is 0.567. The number of benzene rings is 2. The molecule has 2 heterocycles. The Hall–Kier alpha value is -2.09. The molecule has 1 aromatic heterocycles. The first-order chi connectivity index (χ1) is 9.99. The molecule has 4 rings (SSSR count). The molecule has 2 nitrogen and oxygen atoms in total. The van der Waals surface area contributed by atoms with Gasteiger partial charge in [0.05, 0.1) is 17.4 Å². The quantitative estimate of drug-likeness (QED) is 0.565. The van der Waals surface area contributed by atoms with Crippen molar-refractivity contribution in [1.29, 1.82) is 0 Å². The van der Waals surface area contributed by atoms with Gasteiger partial charge < -0.3 is 4.90 Å². The van der Waals surface area contributed by atoms with Crippen molar-refractivity contribution in [3.05, 3.63) is 47.7 Å². The molecule has 0 bridgehead atoms. The number of rotatable bonds is 0. The van der Waals surface area contributed by atoms with Gasteiger partial charge in [-0.15, -0.1) is 0 Å². The first-order valence-electron chi connectivity index (χ1n) is 7.52. The van der Waals surface area contributed by atoms with Crippen LogP contribution in [0.1, 0.15) is 25.0 Å². The number of fused-ring (bicyclic) bond motifs is 5. The average Bonchev–Trinajstić information content (AvgIpc) is 2.69. The highest BCUT2D eigenvalue weighted by Crippen LogP contribution is 2.44. The van der Waals surface area contributed by atoms with Gasteiger partial charge in [0.25, 0.3) is 0 Å². The van der Waals surface area contributed by atoms with Gasteiger partial charge in [-0.25, -0.2) is 0 Å². The number of likely N-dealkylation sites (N-methyl/N-ethyl adjacent to an activating group) is 1. The van der Waals surface area contributed by atoms with E-state index >= 15 is 0 Å². The van der Waals surface area contributed by atoms with Crippen LogP contribution in [0, 0.1) is 6.92 Å². The maximum Gasteiger partial charge on any atom is 0.0785 e. The molecule has 1 aliphatic rings. The summed E-state index contributed by atoms with van der Waals surface area (Å²) in [5, 5.41) is 3.89. The second-order valence-electron chi connectivity index (χ2n) is 6.89. The molecule has 0 radical (unpaired) electrons. The number of nitrogens with zero attached hydrogens (tertiary/aromatic N) is 2. The van der Waals surface area contributed by atoms with Crippen molar-refractivity contribution in [2.45, 2.75) is 26.2 Å². The highest BCUT2D eigenvalue weighted by atomic mass is 15.1. The number of anilines is 1. The molecule has 0 saturated carbocycles. The number of pyridine rings is 1. The summed E-state index contributed by atoms with van der Waals surface area (Å²) in [6, 6.07) is 10.9. The lowest BCUT2D eigenvalue weighted by Gasteiger charge is -2.20. The molecule has 0 amide bonds. The van der Waals surface area contributed by atoms with E-state index < -0.39 is 0 Å². The Morgan fingerprint density at radius 3 is 2.57 bits per heavy atom. The van der Waals surface area contributed by atoms with Gasteiger partial charge in [0.2, 0.25) is 0 Å². The molecule has 2 heteroatoms. The SMILES string of the molecule is Cc1cc2c3c(cnc2c2ccccc12)N(C)CC3(C)C. The molecule has 2 aromatic carbocycles. The van der Waals surface area contributed by atoms with E-state index in [0.717, 1.165) is 12.1 Å². The zero-order valence-corrected chi connectivity index (χ0v) is 13.1. The molecule has 0 atom stereocenters. The minimum Gasteiger partial charge on any atom is -0.372 e. The fourth-order valence-corrected chi connectivity index (χ4v) is 3.96. The molecular weight excluding hydrogens is 256 g/mol. The van der Waals surface area contributed by atoms with Crippen molar-refractivity contribution in [3.63, 3.8) is 0 Å². The van der Waals surface area contributed by atoms with E-state index in [-0.39, 0.29) is 5.41 Å². The predicted octanol–water partition coefficient (Wildman–Crippen LogP) is 4.42. The van der Waals surface area contributed by atoms with E-state index in [1.54, 1.807) is 0 Å². The zero-order chi connectivity index (χ0) is 14.8. The van der Waals surface area contributed by atoms with Crippen molar-refractivity contribution in [2.75, 3.05) is 18.5 Å². The molecule has 3 aromatic rings. The summed E-state index contributed by atoms with van der Waals surface area (Å²) in [4.78, 5) is 7.12. The molecule has 0 N–H and O–H groups in total. The standard InChI is InChI=1S/C19H20N2/c1-12-9-15-17-16(21(4)11-19(17,2)3)10-20-18(15)14-8-6-5-7-13(12)14/h5-10H,11H2,1-4H3. The van der Waals surface area contributed by atoms with Crippen molar-refractivity contribution < 1.29 is 0 Å². The maximum absolute atomic E-state index is 4.80. The summed E-state index contributed by atoms with van der Waals surface area (Å²) in [7, 11) is 2.16. The minimum absolute atomic E-state index is 0.167. The van der Waals surface area contributed by atoms with E-state index in [9.17, 15) is 0 Å². The maximum atomic E-state index is 4.80. The van der Waals surface area contributed by atoms with Crippen LogP contribution in [0.4, 0.5) is 5.69 Å². The lowest BCUT2D eigenvalue weighted by atomic mass is 9.83. The van der Waals surface area contributed by atoms with Gasteiger partial charge in [0.15, 0.2) is 0 Å². The van der Waals surface area contributed by atoms with Crippen LogP contribution in [0.25, 0.3) is 21.7 Å². The lowest BCUT2D eigenvalue weighted by Crippen LogP contribution is -2.25. The summed E-state index contributed by atoms with van der Waals surface area (Å²) in [6.45, 7) is 7.92. The molecule has 106 valence electrons. The van der Waals surface area contributed by atoms with E-state index in [2.05, 4.69) is 63.1 Å². The van der Waals surface area contributed by atoms with Crippen LogP contribution >= 0.6 is 0 Å². The summed E-state index contributed by atoms with van der Waals surface area (Å²) in [5.74, 6) is 0. The first kappa shape index (κ1) is 12.6. The third kappa shape index (κ3) is 1.62. The Kier molecular flexibility index (Phi) is 2.39. The largest absolute Gasteiger partial charge is 0.372 e. The molecule has 0 unspecified atom stereocenters. The number of hydrogen-bond acceptors (Lipinski definition) is 2. The Morgan fingerprint density at radius 1 is 1.10 bits per heavy atom. The predicted molar refractivity (Wildman–Crippen MR) is 90.3 cm³/mol. The fourth-order valence-electron chi connectivity index (χ4n) is 3.96. The van der Waals surface area contributed by atoms with Gasteiger partial charge in [0.1, 0.15) is 0 Å². The third-order valence-corrected chi connectivity index (χ3v) is 4.78. The Labute approximate surface area is 125 Å². The normalized spacial score (nSPS) is 16.7. The molecular formula is C19H20N2. The van der Waals surface area contributed by atoms with E-state index in [0.29, 0.717) is 0 Å². The van der Waals surface area contributed by atoms with Crippen molar-refractivity contribution in [3.8, 4) is 0 Å². The van der Waals surface area contributed by atoms with Gasteiger partial charge in [-0.1, -0.05) is 38.1 Å². The molecule has 1 aliphatic heterocycles. The van der Waals surface area contributed by atoms with Crippen LogP contribution in [-0.2, 0) is 5.41 Å². The van der Waals surface area contributed by atoms with E-state index in [1.165, 1.54) is 33.0 Å². The average molecular weight is 276 g/mol. The Balaban J connectivity index is 2.22. The summed E-state index contributed by atoms with van der Waals surface area (Å²) in [6.07, 6.45) is 2.05. The van der Waals surface area contributed by atoms with E-state index in [1.807, 2.05) is 6.20 Å². The summed E-state index contributed by atoms with van der Waals surface area (Å²) in [5.41, 5.74) is 5.36. The van der Waals surface area contributed by atoms with E-state index in [4.69, 9.17) is 4.98 Å². The van der Waals surface area contributed by atoms with Crippen LogP contribution < -0.4 is 4.90 Å². The number of hydrogen-bond donors (Lipinski definition) is 0. The summed E-state index contributed by atoms with van der Waals surface area (Å²) >= 11 is 0. The Morgan fingerprint density at radius 2 is 1.81 bits per heavy atom. The first-order valence-corrected chi connectivity index (χ1v) is 7.52. The smallest absolute Gasteiger partial charge is 0.0785 e. The van der Waals surface area contributed by atoms with Crippen LogP contribution in [0.3, 0.4) is 0 Å². The highest BCUT2D eigenvalue weighted by Gasteiger charge is 2.35. The molecule has 0 saturated heterocycles. The van der Waals surface area contributed by atoms with Gasteiger partial charge >= 0.3 is 0 Å². The molecule has 0 spiro atoms. The van der Waals surface area contributed by atoms with Gasteiger partial charge in [-0.2, -0.15) is 0 Å². The number of aromatic nitrogens is 1. The fraction of sp³-hybridized carbons (Fsp3) is 0.316. The Bertz CT molecular complexity index is 877. The van der Waals surface area contributed by atoms with Gasteiger partial charge in [-0.3, -0.25) is 4.98 Å². The third-order valence-electron chi connectivity index (χ3n) is 4.78. The molecule has 21 heavy (non-hydrogen) atoms. The van der Waals surface area contributed by atoms with Crippen LogP contribution in [0.2, 0.25) is 0 Å². The van der Waals surface area contributed by atoms with Crippen LogP contribution in [-0.4, -0.2) is 18.6 Å². The van der Waals surface area contributed by atoms with Gasteiger partial charge in [-0.05, 0) is 29.5 Å². The highest BCUT2D eigenvalue weighted by molar-refractivity contribution is 6.09. The van der Waals surface area contributed by atoms with Gasteiger partial charge in [0, 0.05) is 29.8 Å². The van der Waals surface area contributed by atoms with Crippen molar-refractivity contribution >= 4 is 27.4 Å². The second-order valence-corrected chi connectivity index (χ2v) is 6.89. The molecule has 0 aliphatic carbocycles. The van der Waals surface area contributed by atoms with Crippen LogP contribution in [0.15, 0.2) is 36.5 Å². The van der Waals surface area contributed by atoms with Crippen LogP contribution in [0.5, 0.6) is 0 Å². The minimum atomic E-state index is 0.167. The van der Waals surface area contributed by atoms with Crippen molar-refractivity contribution in [1.82, 2.24) is 4.98 Å². The zero-order valence-electron chi connectivity index (χ0n) is 13.1. The molecule has 0 fully saturated rings. The van der Waals surface area contributed by atoms with Crippen molar-refractivity contribution in [2.24, 2.45) is 0 Å². The second kappa shape index (κ2) is 3.97.